The lowest BCUT2D eigenvalue weighted by molar-refractivity contribution is 0.161. The molecule has 0 saturated heterocycles. The van der Waals surface area contributed by atoms with E-state index in [-0.39, 0.29) is 6.07 Å². The molecule has 0 radical (unpaired) electrons. The highest BCUT2D eigenvalue weighted by Crippen LogP contribution is 2.19. The Balaban J connectivity index is 3.09. The van der Waals surface area contributed by atoms with Gasteiger partial charge in [0.05, 0.1) is 6.26 Å². The number of aliphatic hydroxyl groups is 1. The molecule has 90 valence electrons. The lowest BCUT2D eigenvalue weighted by atomic mass is 10.2. The number of aliphatic hydroxyl groups excluding tert-OH is 1. The van der Waals surface area contributed by atoms with Gasteiger partial charge in [0.15, 0.2) is 11.6 Å². The molecule has 4 nitrogen and oxygen atoms in total. The van der Waals surface area contributed by atoms with Crippen LogP contribution in [0.4, 0.5) is 13.2 Å². The monoisotopic (exact) mass is 255 g/mol. The van der Waals surface area contributed by atoms with E-state index in [2.05, 4.69) is 0 Å². The van der Waals surface area contributed by atoms with E-state index in [0.717, 1.165) is 6.26 Å². The highest BCUT2D eigenvalue weighted by molar-refractivity contribution is 7.88. The normalized spacial score (nSPS) is 13.8. The summed E-state index contributed by atoms with van der Waals surface area (Å²) in [6.45, 7) is 0. The molecule has 0 heterocycles. The molecule has 0 aliphatic heterocycles. The van der Waals surface area contributed by atoms with Crippen LogP contribution in [0, 0.1) is 17.5 Å². The van der Waals surface area contributed by atoms with Crippen LogP contribution in [0.2, 0.25) is 0 Å². The fourth-order valence-electron chi connectivity index (χ4n) is 1.01. The van der Waals surface area contributed by atoms with Gasteiger partial charge in [-0.1, -0.05) is 0 Å². The summed E-state index contributed by atoms with van der Waals surface area (Å²) in [6, 6.07) is 0.603. The van der Waals surface area contributed by atoms with E-state index >= 15 is 0 Å². The third-order valence-electron chi connectivity index (χ3n) is 1.66. The molecule has 0 aliphatic rings. The standard InChI is InChI=1S/C8H8F3NO3S/c1-16(14,15)12-8(13)4-2-6(10)7(11)3-5(4)9/h2-3,8,12-13H,1H3. The first-order valence-electron chi connectivity index (χ1n) is 4.00. The van der Waals surface area contributed by atoms with Crippen LogP contribution in [0.25, 0.3) is 0 Å². The highest BCUT2D eigenvalue weighted by atomic mass is 32.2. The van der Waals surface area contributed by atoms with E-state index in [1.54, 1.807) is 4.72 Å². The van der Waals surface area contributed by atoms with E-state index in [4.69, 9.17) is 0 Å². The molecule has 1 unspecified atom stereocenters. The Hall–Kier alpha value is -1.12. The third-order valence-corrected chi connectivity index (χ3v) is 2.31. The Morgan fingerprint density at radius 3 is 2.19 bits per heavy atom. The summed E-state index contributed by atoms with van der Waals surface area (Å²) in [4.78, 5) is 0. The molecule has 0 aromatic heterocycles. The molecule has 1 aromatic rings. The topological polar surface area (TPSA) is 66.4 Å². The van der Waals surface area contributed by atoms with E-state index in [1.165, 1.54) is 0 Å². The molecule has 1 atom stereocenters. The maximum Gasteiger partial charge on any atom is 0.211 e. The van der Waals surface area contributed by atoms with Crippen molar-refractivity contribution in [3.63, 3.8) is 0 Å². The largest absolute Gasteiger partial charge is 0.373 e. The van der Waals surface area contributed by atoms with Crippen molar-refractivity contribution in [2.45, 2.75) is 6.23 Å². The maximum absolute atomic E-state index is 13.1. The molecular formula is C8H8F3NO3S. The Morgan fingerprint density at radius 2 is 1.69 bits per heavy atom. The summed E-state index contributed by atoms with van der Waals surface area (Å²) in [7, 11) is -3.79. The number of rotatable bonds is 3. The molecule has 0 aliphatic carbocycles. The zero-order chi connectivity index (χ0) is 12.5. The van der Waals surface area contributed by atoms with Crippen molar-refractivity contribution in [2.24, 2.45) is 0 Å². The Morgan fingerprint density at radius 1 is 1.19 bits per heavy atom. The number of hydrogen-bond acceptors (Lipinski definition) is 3. The van der Waals surface area contributed by atoms with Crippen molar-refractivity contribution in [3.8, 4) is 0 Å². The quantitative estimate of drug-likeness (QED) is 0.615. The van der Waals surface area contributed by atoms with Gasteiger partial charge in [-0.2, -0.15) is 4.72 Å². The van der Waals surface area contributed by atoms with E-state index < -0.39 is 39.3 Å². The minimum absolute atomic E-state index is 0.220. The average molecular weight is 255 g/mol. The van der Waals surface area contributed by atoms with Gasteiger partial charge in [0, 0.05) is 11.6 Å². The van der Waals surface area contributed by atoms with Crippen LogP contribution in [0.15, 0.2) is 12.1 Å². The number of sulfonamides is 1. The molecule has 0 fully saturated rings. The molecule has 8 heteroatoms. The molecular weight excluding hydrogens is 247 g/mol. The van der Waals surface area contributed by atoms with Crippen LogP contribution in [0.3, 0.4) is 0 Å². The van der Waals surface area contributed by atoms with Crippen molar-refractivity contribution >= 4 is 10.0 Å². The first-order chi connectivity index (χ1) is 7.20. The number of benzene rings is 1. The number of hydrogen-bond donors (Lipinski definition) is 2. The first kappa shape index (κ1) is 12.9. The average Bonchev–Trinajstić information content (AvgIpc) is 2.08. The van der Waals surface area contributed by atoms with Gasteiger partial charge in [-0.25, -0.2) is 21.6 Å². The SMILES string of the molecule is CS(=O)(=O)NC(O)c1cc(F)c(F)cc1F. The van der Waals surface area contributed by atoms with Crippen molar-refractivity contribution < 1.29 is 26.7 Å². The van der Waals surface area contributed by atoms with Crippen LogP contribution >= 0.6 is 0 Å². The van der Waals surface area contributed by atoms with Gasteiger partial charge in [0.1, 0.15) is 12.0 Å². The Bertz CT molecular complexity index is 503. The van der Waals surface area contributed by atoms with E-state index in [1.807, 2.05) is 0 Å². The van der Waals surface area contributed by atoms with Crippen molar-refractivity contribution in [1.82, 2.24) is 4.72 Å². The number of nitrogens with one attached hydrogen (secondary N) is 1. The maximum atomic E-state index is 13.1. The number of halogens is 3. The molecule has 0 spiro atoms. The predicted molar refractivity (Wildman–Crippen MR) is 49.3 cm³/mol. The van der Waals surface area contributed by atoms with Gasteiger partial charge in [0.25, 0.3) is 0 Å². The lowest BCUT2D eigenvalue weighted by Crippen LogP contribution is -2.28. The lowest BCUT2D eigenvalue weighted by Gasteiger charge is -2.12. The van der Waals surface area contributed by atoms with Crippen molar-refractivity contribution in [3.05, 3.63) is 35.1 Å². The molecule has 0 saturated carbocycles. The third kappa shape index (κ3) is 3.19. The summed E-state index contributed by atoms with van der Waals surface area (Å²) in [6.07, 6.45) is -1.24. The summed E-state index contributed by atoms with van der Waals surface area (Å²) in [5, 5.41) is 9.23. The zero-order valence-corrected chi connectivity index (χ0v) is 8.85. The zero-order valence-electron chi connectivity index (χ0n) is 8.04. The van der Waals surface area contributed by atoms with Crippen LogP contribution < -0.4 is 4.72 Å². The van der Waals surface area contributed by atoms with Crippen LogP contribution in [0.5, 0.6) is 0 Å². The molecule has 1 aromatic carbocycles. The molecule has 0 amide bonds. The van der Waals surface area contributed by atoms with Crippen molar-refractivity contribution in [1.29, 1.82) is 0 Å². The molecule has 2 N–H and O–H groups in total. The second kappa shape index (κ2) is 4.40. The van der Waals surface area contributed by atoms with Crippen LogP contribution in [0.1, 0.15) is 11.8 Å². The summed E-state index contributed by atoms with van der Waals surface area (Å²) in [5.41, 5.74) is -0.690. The summed E-state index contributed by atoms with van der Waals surface area (Å²) >= 11 is 0. The van der Waals surface area contributed by atoms with Gasteiger partial charge < -0.3 is 5.11 Å². The van der Waals surface area contributed by atoms with Gasteiger partial charge in [-0.3, -0.25) is 0 Å². The molecule has 16 heavy (non-hydrogen) atoms. The van der Waals surface area contributed by atoms with Crippen LogP contribution in [-0.4, -0.2) is 19.8 Å². The van der Waals surface area contributed by atoms with E-state index in [9.17, 15) is 26.7 Å². The van der Waals surface area contributed by atoms with Gasteiger partial charge in [-0.15, -0.1) is 0 Å². The van der Waals surface area contributed by atoms with Crippen LogP contribution in [-0.2, 0) is 10.0 Å². The van der Waals surface area contributed by atoms with E-state index in [0.29, 0.717) is 6.07 Å². The predicted octanol–water partition coefficient (Wildman–Crippen LogP) is 0.644. The Labute approximate surface area is 89.8 Å². The molecule has 1 rings (SSSR count). The minimum atomic E-state index is -3.79. The summed E-state index contributed by atoms with van der Waals surface area (Å²) < 4.78 is 61.4. The summed E-state index contributed by atoms with van der Waals surface area (Å²) in [5.74, 6) is -4.05. The van der Waals surface area contributed by atoms with Crippen molar-refractivity contribution in [2.75, 3.05) is 6.26 Å². The smallest absolute Gasteiger partial charge is 0.211 e. The Kier molecular flexibility index (Phi) is 3.56. The second-order valence-electron chi connectivity index (χ2n) is 3.08. The fourth-order valence-corrected chi connectivity index (χ4v) is 1.55. The van der Waals surface area contributed by atoms with Gasteiger partial charge in [0.2, 0.25) is 10.0 Å². The first-order valence-corrected chi connectivity index (χ1v) is 5.89. The highest BCUT2D eigenvalue weighted by Gasteiger charge is 2.19. The molecule has 0 bridgehead atoms. The van der Waals surface area contributed by atoms with Gasteiger partial charge in [-0.05, 0) is 6.07 Å². The minimum Gasteiger partial charge on any atom is -0.373 e. The second-order valence-corrected chi connectivity index (χ2v) is 4.86. The fraction of sp³-hybridized carbons (Fsp3) is 0.250. The van der Waals surface area contributed by atoms with Gasteiger partial charge >= 0.3 is 0 Å².